The molecule has 7 nitrogen and oxygen atoms in total. The molecule has 0 unspecified atom stereocenters. The van der Waals surface area contributed by atoms with Gasteiger partial charge in [-0.3, -0.25) is 9.59 Å². The van der Waals surface area contributed by atoms with Crippen LogP contribution in [-0.2, 0) is 11.3 Å². The maximum Gasteiger partial charge on any atom is 0.251 e. The Bertz CT molecular complexity index is 748. The van der Waals surface area contributed by atoms with Gasteiger partial charge in [0.2, 0.25) is 5.91 Å². The number of anilines is 2. The molecule has 2 amide bonds. The van der Waals surface area contributed by atoms with Crippen molar-refractivity contribution in [3.63, 3.8) is 0 Å². The Morgan fingerprint density at radius 3 is 2.92 bits per heavy atom. The molecule has 24 heavy (non-hydrogen) atoms. The lowest BCUT2D eigenvalue weighted by Crippen LogP contribution is -2.29. The maximum absolute atomic E-state index is 12.2. The third-order valence-corrected chi connectivity index (χ3v) is 3.81. The normalized spacial score (nSPS) is 13.7. The van der Waals surface area contributed by atoms with Crippen LogP contribution in [0.15, 0.2) is 36.7 Å². The Kier molecular flexibility index (Phi) is 4.69. The molecule has 1 aliphatic rings. The van der Waals surface area contributed by atoms with Gasteiger partial charge in [0.1, 0.15) is 0 Å². The summed E-state index contributed by atoms with van der Waals surface area (Å²) >= 11 is 0. The number of amides is 2. The molecular weight excluding hydrogens is 306 g/mol. The van der Waals surface area contributed by atoms with Crippen LogP contribution in [0.1, 0.15) is 29.3 Å². The predicted molar refractivity (Wildman–Crippen MR) is 90.8 cm³/mol. The molecule has 1 aromatic heterocycles. The topological polar surface area (TPSA) is 87.2 Å². The molecule has 3 rings (SSSR count). The van der Waals surface area contributed by atoms with E-state index in [-0.39, 0.29) is 18.4 Å². The molecule has 0 fully saturated rings. The van der Waals surface area contributed by atoms with Crippen LogP contribution in [0.4, 0.5) is 11.4 Å². The largest absolute Gasteiger partial charge is 0.356 e. The van der Waals surface area contributed by atoms with Crippen molar-refractivity contribution < 1.29 is 9.59 Å². The minimum absolute atomic E-state index is 0.128. The van der Waals surface area contributed by atoms with E-state index in [9.17, 15) is 9.59 Å². The molecular formula is C17H19N5O2. The van der Waals surface area contributed by atoms with Crippen LogP contribution in [0, 0.1) is 0 Å². The van der Waals surface area contributed by atoms with Crippen LogP contribution >= 0.6 is 0 Å². The first-order valence-electron chi connectivity index (χ1n) is 7.90. The number of carbonyl (C=O) groups excluding carboxylic acids is 2. The molecule has 0 saturated carbocycles. The van der Waals surface area contributed by atoms with Crippen molar-refractivity contribution in [3.05, 3.63) is 47.8 Å². The van der Waals surface area contributed by atoms with Crippen molar-refractivity contribution in [2.45, 2.75) is 19.9 Å². The van der Waals surface area contributed by atoms with Crippen LogP contribution in [0.5, 0.6) is 0 Å². The lowest BCUT2D eigenvalue weighted by Gasteiger charge is -2.20. The molecule has 124 valence electrons. The number of nitrogens with zero attached hydrogens (tertiary/aromatic N) is 3. The Morgan fingerprint density at radius 2 is 2.17 bits per heavy atom. The van der Waals surface area contributed by atoms with Gasteiger partial charge in [-0.1, -0.05) is 13.0 Å². The Balaban J connectivity index is 1.86. The average Bonchev–Trinajstić information content (AvgIpc) is 2.77. The van der Waals surface area contributed by atoms with Crippen LogP contribution in [0.2, 0.25) is 0 Å². The highest BCUT2D eigenvalue weighted by atomic mass is 16.2. The monoisotopic (exact) mass is 325 g/mol. The highest BCUT2D eigenvalue weighted by Crippen LogP contribution is 2.25. The summed E-state index contributed by atoms with van der Waals surface area (Å²) in [6.07, 6.45) is 4.10. The lowest BCUT2D eigenvalue weighted by molar-refractivity contribution is -0.114. The summed E-state index contributed by atoms with van der Waals surface area (Å²) in [5.74, 6) is -0.259. The van der Waals surface area contributed by atoms with Gasteiger partial charge in [-0.2, -0.15) is 10.2 Å². The molecule has 0 saturated heterocycles. The maximum atomic E-state index is 12.2. The SMILES string of the molecule is CCCNC(=O)c1ccc2c(c1)NC(=O)CN(c1ccnnc1)C2. The zero-order valence-electron chi connectivity index (χ0n) is 13.5. The summed E-state index contributed by atoms with van der Waals surface area (Å²) in [6, 6.07) is 7.21. The molecule has 0 aliphatic carbocycles. The highest BCUT2D eigenvalue weighted by Gasteiger charge is 2.21. The minimum Gasteiger partial charge on any atom is -0.356 e. The van der Waals surface area contributed by atoms with Gasteiger partial charge in [-0.05, 0) is 30.2 Å². The molecule has 2 aromatic rings. The van der Waals surface area contributed by atoms with Gasteiger partial charge in [0, 0.05) is 24.3 Å². The van der Waals surface area contributed by atoms with Gasteiger partial charge in [0.25, 0.3) is 5.91 Å². The van der Waals surface area contributed by atoms with Crippen molar-refractivity contribution in [2.24, 2.45) is 0 Å². The first-order chi connectivity index (χ1) is 11.7. The van der Waals surface area contributed by atoms with E-state index in [1.54, 1.807) is 24.5 Å². The Morgan fingerprint density at radius 1 is 1.29 bits per heavy atom. The number of carbonyl (C=O) groups is 2. The van der Waals surface area contributed by atoms with Gasteiger partial charge >= 0.3 is 0 Å². The number of hydrogen-bond acceptors (Lipinski definition) is 5. The van der Waals surface area contributed by atoms with Crippen molar-refractivity contribution in [3.8, 4) is 0 Å². The highest BCUT2D eigenvalue weighted by molar-refractivity contribution is 5.99. The second-order valence-corrected chi connectivity index (χ2v) is 5.63. The van der Waals surface area contributed by atoms with Gasteiger partial charge in [-0.15, -0.1) is 0 Å². The number of rotatable bonds is 4. The molecule has 7 heteroatoms. The van der Waals surface area contributed by atoms with E-state index < -0.39 is 0 Å². The Labute approximate surface area is 140 Å². The number of benzene rings is 1. The van der Waals surface area contributed by atoms with E-state index in [4.69, 9.17) is 0 Å². The zero-order valence-corrected chi connectivity index (χ0v) is 13.5. The lowest BCUT2D eigenvalue weighted by atomic mass is 10.1. The quantitative estimate of drug-likeness (QED) is 0.891. The van der Waals surface area contributed by atoms with E-state index in [1.165, 1.54) is 0 Å². The smallest absolute Gasteiger partial charge is 0.251 e. The third-order valence-electron chi connectivity index (χ3n) is 3.81. The standard InChI is InChI=1S/C17H19N5O2/c1-2-6-18-17(24)12-3-4-13-10-22(14-5-7-19-20-9-14)11-16(23)21-15(13)8-12/h3-5,7-9H,2,6,10-11H2,1H3,(H,18,24)(H,21,23). The second kappa shape index (κ2) is 7.08. The summed E-state index contributed by atoms with van der Waals surface area (Å²) in [5, 5.41) is 13.3. The number of nitrogens with one attached hydrogen (secondary N) is 2. The fourth-order valence-corrected chi connectivity index (χ4v) is 2.59. The number of hydrogen-bond donors (Lipinski definition) is 2. The van der Waals surface area contributed by atoms with Crippen molar-refractivity contribution in [1.82, 2.24) is 15.5 Å². The molecule has 1 aliphatic heterocycles. The van der Waals surface area contributed by atoms with Gasteiger partial charge in [0.15, 0.2) is 0 Å². The summed E-state index contributed by atoms with van der Waals surface area (Å²) in [6.45, 7) is 3.40. The molecule has 0 radical (unpaired) electrons. The fraction of sp³-hybridized carbons (Fsp3) is 0.294. The first kappa shape index (κ1) is 15.9. The third kappa shape index (κ3) is 3.51. The average molecular weight is 325 g/mol. The molecule has 0 bridgehead atoms. The van der Waals surface area contributed by atoms with Crippen LogP contribution in [0.25, 0.3) is 0 Å². The van der Waals surface area contributed by atoms with Crippen molar-refractivity contribution >= 4 is 23.2 Å². The molecule has 1 aromatic carbocycles. The van der Waals surface area contributed by atoms with Gasteiger partial charge in [-0.25, -0.2) is 0 Å². The molecule has 0 atom stereocenters. The second-order valence-electron chi connectivity index (χ2n) is 5.63. The molecule has 2 heterocycles. The number of fused-ring (bicyclic) bond motifs is 1. The minimum atomic E-state index is -0.131. The number of aromatic nitrogens is 2. The predicted octanol–water partition coefficient (Wildman–Crippen LogP) is 1.58. The van der Waals surface area contributed by atoms with E-state index in [0.29, 0.717) is 24.3 Å². The first-order valence-corrected chi connectivity index (χ1v) is 7.90. The van der Waals surface area contributed by atoms with E-state index in [2.05, 4.69) is 20.8 Å². The van der Waals surface area contributed by atoms with Crippen LogP contribution in [0.3, 0.4) is 0 Å². The van der Waals surface area contributed by atoms with E-state index in [1.807, 2.05) is 24.0 Å². The van der Waals surface area contributed by atoms with E-state index in [0.717, 1.165) is 17.7 Å². The van der Waals surface area contributed by atoms with Crippen molar-refractivity contribution in [1.29, 1.82) is 0 Å². The molecule has 2 N–H and O–H groups in total. The van der Waals surface area contributed by atoms with Crippen LogP contribution < -0.4 is 15.5 Å². The fourth-order valence-electron chi connectivity index (χ4n) is 2.59. The Hall–Kier alpha value is -2.96. The zero-order chi connectivity index (χ0) is 16.9. The van der Waals surface area contributed by atoms with Gasteiger partial charge < -0.3 is 15.5 Å². The van der Waals surface area contributed by atoms with Crippen LogP contribution in [-0.4, -0.2) is 35.1 Å². The van der Waals surface area contributed by atoms with E-state index >= 15 is 0 Å². The van der Waals surface area contributed by atoms with Crippen molar-refractivity contribution in [2.75, 3.05) is 23.3 Å². The summed E-state index contributed by atoms with van der Waals surface area (Å²) < 4.78 is 0. The summed E-state index contributed by atoms with van der Waals surface area (Å²) in [7, 11) is 0. The summed E-state index contributed by atoms with van der Waals surface area (Å²) in [4.78, 5) is 26.2. The molecule has 0 spiro atoms. The van der Waals surface area contributed by atoms with Gasteiger partial charge in [0.05, 0.1) is 24.6 Å². The summed E-state index contributed by atoms with van der Waals surface area (Å²) in [5.41, 5.74) is 3.00.